The number of carbonyl (C=O) groups excluding carboxylic acids is 1. The van der Waals surface area contributed by atoms with Crippen LogP contribution in [0.4, 0.5) is 0 Å². The van der Waals surface area contributed by atoms with Gasteiger partial charge < -0.3 is 19.7 Å². The molecule has 5 nitrogen and oxygen atoms in total. The molecule has 1 spiro atoms. The SMILES string of the molecule is COc1ccccc1CN1C(=O)COCC12CCNC2. The summed E-state index contributed by atoms with van der Waals surface area (Å²) in [6.45, 7) is 3.10. The molecule has 1 N–H and O–H groups in total. The lowest BCUT2D eigenvalue weighted by molar-refractivity contribution is -0.157. The number of hydrogen-bond acceptors (Lipinski definition) is 4. The zero-order chi connectivity index (χ0) is 14.0. The second-order valence-corrected chi connectivity index (χ2v) is 5.44. The molecule has 2 saturated heterocycles. The maximum atomic E-state index is 12.3. The summed E-state index contributed by atoms with van der Waals surface area (Å²) in [5.74, 6) is 0.888. The first-order valence-corrected chi connectivity index (χ1v) is 6.96. The van der Waals surface area contributed by atoms with Crippen LogP contribution in [0.25, 0.3) is 0 Å². The van der Waals surface area contributed by atoms with Crippen LogP contribution < -0.4 is 10.1 Å². The second kappa shape index (κ2) is 5.42. The van der Waals surface area contributed by atoms with Gasteiger partial charge in [-0.1, -0.05) is 18.2 Å². The number of nitrogens with one attached hydrogen (secondary N) is 1. The van der Waals surface area contributed by atoms with Crippen LogP contribution in [0.3, 0.4) is 0 Å². The molecule has 2 heterocycles. The van der Waals surface area contributed by atoms with E-state index in [1.807, 2.05) is 29.2 Å². The number of amides is 1. The van der Waals surface area contributed by atoms with Gasteiger partial charge in [0.25, 0.3) is 0 Å². The molecule has 5 heteroatoms. The van der Waals surface area contributed by atoms with E-state index in [1.54, 1.807) is 7.11 Å². The predicted octanol–water partition coefficient (Wildman–Crippen LogP) is 0.786. The molecule has 0 bridgehead atoms. The molecule has 2 aliphatic rings. The van der Waals surface area contributed by atoms with Crippen LogP contribution in [0.15, 0.2) is 24.3 Å². The number of nitrogens with zero attached hydrogens (tertiary/aromatic N) is 1. The highest BCUT2D eigenvalue weighted by molar-refractivity contribution is 5.79. The van der Waals surface area contributed by atoms with Crippen molar-refractivity contribution in [1.29, 1.82) is 0 Å². The number of ether oxygens (including phenoxy) is 2. The van der Waals surface area contributed by atoms with E-state index < -0.39 is 0 Å². The fourth-order valence-corrected chi connectivity index (χ4v) is 3.09. The van der Waals surface area contributed by atoms with Crippen molar-refractivity contribution >= 4 is 5.91 Å². The Labute approximate surface area is 118 Å². The first kappa shape index (κ1) is 13.4. The molecule has 1 aromatic rings. The van der Waals surface area contributed by atoms with Gasteiger partial charge in [-0.3, -0.25) is 4.79 Å². The van der Waals surface area contributed by atoms with Gasteiger partial charge in [0.15, 0.2) is 0 Å². The molecule has 0 aliphatic carbocycles. The van der Waals surface area contributed by atoms with E-state index in [-0.39, 0.29) is 18.1 Å². The minimum Gasteiger partial charge on any atom is -0.496 e. The highest BCUT2D eigenvalue weighted by Crippen LogP contribution is 2.31. The van der Waals surface area contributed by atoms with Crippen LogP contribution in [0.2, 0.25) is 0 Å². The van der Waals surface area contributed by atoms with E-state index >= 15 is 0 Å². The lowest BCUT2D eigenvalue weighted by atomic mass is 9.94. The van der Waals surface area contributed by atoms with Crippen LogP contribution in [0.1, 0.15) is 12.0 Å². The highest BCUT2D eigenvalue weighted by Gasteiger charge is 2.45. The molecule has 20 heavy (non-hydrogen) atoms. The highest BCUT2D eigenvalue weighted by atomic mass is 16.5. The molecule has 0 saturated carbocycles. The summed E-state index contributed by atoms with van der Waals surface area (Å²) in [7, 11) is 1.66. The van der Waals surface area contributed by atoms with Crippen molar-refractivity contribution in [2.45, 2.75) is 18.5 Å². The predicted molar refractivity (Wildman–Crippen MR) is 74.6 cm³/mol. The van der Waals surface area contributed by atoms with E-state index in [0.717, 1.165) is 30.8 Å². The first-order chi connectivity index (χ1) is 9.75. The van der Waals surface area contributed by atoms with Gasteiger partial charge >= 0.3 is 0 Å². The largest absolute Gasteiger partial charge is 0.496 e. The molecule has 1 aromatic carbocycles. The number of morpholine rings is 1. The lowest BCUT2D eigenvalue weighted by Crippen LogP contribution is -2.60. The number of para-hydroxylation sites is 1. The summed E-state index contributed by atoms with van der Waals surface area (Å²) in [4.78, 5) is 14.3. The van der Waals surface area contributed by atoms with Crippen molar-refractivity contribution in [3.8, 4) is 5.75 Å². The number of rotatable bonds is 3. The van der Waals surface area contributed by atoms with Crippen molar-refractivity contribution in [2.24, 2.45) is 0 Å². The first-order valence-electron chi connectivity index (χ1n) is 6.96. The minimum atomic E-state index is -0.198. The normalized spacial score (nSPS) is 26.2. The van der Waals surface area contributed by atoms with Crippen LogP contribution in [0.5, 0.6) is 5.75 Å². The lowest BCUT2D eigenvalue weighted by Gasteiger charge is -2.44. The fraction of sp³-hybridized carbons (Fsp3) is 0.533. The van der Waals surface area contributed by atoms with Gasteiger partial charge in [0.05, 0.1) is 25.8 Å². The van der Waals surface area contributed by atoms with Gasteiger partial charge in [0.2, 0.25) is 5.91 Å². The van der Waals surface area contributed by atoms with Crippen LogP contribution in [0, 0.1) is 0 Å². The maximum absolute atomic E-state index is 12.3. The molecule has 2 aliphatic heterocycles. The molecule has 0 radical (unpaired) electrons. The van der Waals surface area contributed by atoms with E-state index in [0.29, 0.717) is 13.2 Å². The van der Waals surface area contributed by atoms with Crippen LogP contribution >= 0.6 is 0 Å². The number of benzene rings is 1. The Morgan fingerprint density at radius 2 is 2.30 bits per heavy atom. The van der Waals surface area contributed by atoms with Gasteiger partial charge in [-0.2, -0.15) is 0 Å². The third-order valence-electron chi connectivity index (χ3n) is 4.21. The summed E-state index contributed by atoms with van der Waals surface area (Å²) in [6.07, 6.45) is 0.938. The molecule has 1 amide bonds. The summed E-state index contributed by atoms with van der Waals surface area (Å²) in [5.41, 5.74) is 0.840. The van der Waals surface area contributed by atoms with Crippen LogP contribution in [-0.4, -0.2) is 49.8 Å². The number of methoxy groups -OCH3 is 1. The average Bonchev–Trinajstić information content (AvgIpc) is 2.93. The Morgan fingerprint density at radius 3 is 3.05 bits per heavy atom. The van der Waals surface area contributed by atoms with Crippen molar-refractivity contribution in [3.63, 3.8) is 0 Å². The van der Waals surface area contributed by atoms with Gasteiger partial charge in [0, 0.05) is 12.1 Å². The topological polar surface area (TPSA) is 50.8 Å². The summed E-state index contributed by atoms with van der Waals surface area (Å²) in [5, 5.41) is 3.34. The van der Waals surface area contributed by atoms with Crippen molar-refractivity contribution in [3.05, 3.63) is 29.8 Å². The van der Waals surface area contributed by atoms with E-state index in [9.17, 15) is 4.79 Å². The zero-order valence-electron chi connectivity index (χ0n) is 11.7. The standard InChI is InChI=1S/C15H20N2O3/c1-19-13-5-3-2-4-12(13)8-17-14(18)9-20-11-15(17)6-7-16-10-15/h2-5,16H,6-11H2,1H3. The summed E-state index contributed by atoms with van der Waals surface area (Å²) >= 11 is 0. The Morgan fingerprint density at radius 1 is 1.45 bits per heavy atom. The van der Waals surface area contributed by atoms with E-state index in [2.05, 4.69) is 5.32 Å². The maximum Gasteiger partial charge on any atom is 0.249 e. The van der Waals surface area contributed by atoms with Crippen LogP contribution in [-0.2, 0) is 16.1 Å². The number of carbonyl (C=O) groups is 1. The molecule has 0 aromatic heterocycles. The van der Waals surface area contributed by atoms with E-state index in [1.165, 1.54) is 0 Å². The smallest absolute Gasteiger partial charge is 0.249 e. The average molecular weight is 276 g/mol. The quantitative estimate of drug-likeness (QED) is 0.886. The molecule has 2 fully saturated rings. The Bertz CT molecular complexity index is 498. The third-order valence-corrected chi connectivity index (χ3v) is 4.21. The molecule has 108 valence electrons. The van der Waals surface area contributed by atoms with Crippen molar-refractivity contribution in [2.75, 3.05) is 33.4 Å². The molecular formula is C15H20N2O3. The zero-order valence-corrected chi connectivity index (χ0v) is 11.7. The van der Waals surface area contributed by atoms with Gasteiger partial charge in [-0.25, -0.2) is 0 Å². The Balaban J connectivity index is 1.88. The van der Waals surface area contributed by atoms with Gasteiger partial charge in [-0.15, -0.1) is 0 Å². The minimum absolute atomic E-state index is 0.0610. The summed E-state index contributed by atoms with van der Waals surface area (Å²) in [6, 6.07) is 7.86. The van der Waals surface area contributed by atoms with E-state index in [4.69, 9.17) is 9.47 Å². The van der Waals surface area contributed by atoms with Gasteiger partial charge in [0.1, 0.15) is 12.4 Å². The third kappa shape index (κ3) is 2.27. The Kier molecular flexibility index (Phi) is 3.63. The monoisotopic (exact) mass is 276 g/mol. The molecule has 1 atom stereocenters. The second-order valence-electron chi connectivity index (χ2n) is 5.44. The molecule has 1 unspecified atom stereocenters. The van der Waals surface area contributed by atoms with Crippen molar-refractivity contribution in [1.82, 2.24) is 10.2 Å². The summed E-state index contributed by atoms with van der Waals surface area (Å²) < 4.78 is 10.9. The van der Waals surface area contributed by atoms with Crippen molar-refractivity contribution < 1.29 is 14.3 Å². The Hall–Kier alpha value is -1.59. The molecule has 3 rings (SSSR count). The number of hydrogen-bond donors (Lipinski definition) is 1. The van der Waals surface area contributed by atoms with Gasteiger partial charge in [-0.05, 0) is 19.0 Å². The fourth-order valence-electron chi connectivity index (χ4n) is 3.09. The molecular weight excluding hydrogens is 256 g/mol.